The van der Waals surface area contributed by atoms with Gasteiger partial charge in [-0.1, -0.05) is 6.07 Å². The van der Waals surface area contributed by atoms with Gasteiger partial charge >= 0.3 is 5.97 Å². The molecule has 1 aliphatic heterocycles. The Kier molecular flexibility index (Phi) is 3.74. The fourth-order valence-electron chi connectivity index (χ4n) is 2.36. The van der Waals surface area contributed by atoms with Gasteiger partial charge in [0.05, 0.1) is 31.8 Å². The second-order valence-corrected chi connectivity index (χ2v) is 5.79. The summed E-state index contributed by atoms with van der Waals surface area (Å²) in [5, 5.41) is 8.77. The standard InChI is InChI=1S/C14H15N3O3S/c1-2-20-14(19)13-10-7-17(8-11(10)15-16-13)12(18)6-9-4-3-5-21-9/h3-5H,2,6-8H2,1H3,(H,15,16). The summed E-state index contributed by atoms with van der Waals surface area (Å²) in [6.07, 6.45) is 0.393. The first kappa shape index (κ1) is 13.8. The van der Waals surface area contributed by atoms with Gasteiger partial charge in [-0.2, -0.15) is 5.10 Å². The minimum absolute atomic E-state index is 0.0526. The fourth-order valence-corrected chi connectivity index (χ4v) is 3.05. The van der Waals surface area contributed by atoms with E-state index in [1.165, 1.54) is 0 Å². The summed E-state index contributed by atoms with van der Waals surface area (Å²) < 4.78 is 4.97. The lowest BCUT2D eigenvalue weighted by molar-refractivity contribution is -0.131. The lowest BCUT2D eigenvalue weighted by atomic mass is 10.2. The highest BCUT2D eigenvalue weighted by Crippen LogP contribution is 2.25. The summed E-state index contributed by atoms with van der Waals surface area (Å²) in [6.45, 7) is 2.93. The zero-order valence-corrected chi connectivity index (χ0v) is 12.4. The molecule has 0 aromatic carbocycles. The zero-order valence-electron chi connectivity index (χ0n) is 11.6. The summed E-state index contributed by atoms with van der Waals surface area (Å²) in [6, 6.07) is 3.88. The first-order valence-electron chi connectivity index (χ1n) is 6.72. The molecule has 0 saturated heterocycles. The first-order valence-corrected chi connectivity index (χ1v) is 7.60. The number of hydrogen-bond donors (Lipinski definition) is 1. The highest BCUT2D eigenvalue weighted by atomic mass is 32.1. The molecule has 21 heavy (non-hydrogen) atoms. The van der Waals surface area contributed by atoms with Crippen molar-refractivity contribution >= 4 is 23.2 Å². The number of H-pyrrole nitrogens is 1. The Labute approximate surface area is 125 Å². The summed E-state index contributed by atoms with van der Waals surface area (Å²) in [5.41, 5.74) is 1.88. The van der Waals surface area contributed by atoms with Crippen LogP contribution in [-0.4, -0.2) is 33.6 Å². The molecule has 0 atom stereocenters. The van der Waals surface area contributed by atoms with Crippen LogP contribution in [0.15, 0.2) is 17.5 Å². The molecule has 110 valence electrons. The molecule has 6 nitrogen and oxygen atoms in total. The van der Waals surface area contributed by atoms with E-state index in [0.29, 0.717) is 31.8 Å². The van der Waals surface area contributed by atoms with E-state index in [-0.39, 0.29) is 5.91 Å². The molecule has 1 N–H and O–H groups in total. The van der Waals surface area contributed by atoms with Crippen molar-refractivity contribution in [3.63, 3.8) is 0 Å². The van der Waals surface area contributed by atoms with Crippen LogP contribution in [0.4, 0.5) is 0 Å². The number of hydrogen-bond acceptors (Lipinski definition) is 5. The number of fused-ring (bicyclic) bond motifs is 1. The average Bonchev–Trinajstić information content (AvgIpc) is 3.14. The van der Waals surface area contributed by atoms with E-state index in [2.05, 4.69) is 10.2 Å². The highest BCUT2D eigenvalue weighted by Gasteiger charge is 2.30. The van der Waals surface area contributed by atoms with Crippen LogP contribution in [0.25, 0.3) is 0 Å². The minimum atomic E-state index is -0.442. The molecule has 1 amide bonds. The number of rotatable bonds is 4. The van der Waals surface area contributed by atoms with Gasteiger partial charge in [-0.05, 0) is 18.4 Å². The van der Waals surface area contributed by atoms with E-state index in [9.17, 15) is 9.59 Å². The number of ether oxygens (including phenoxy) is 1. The Hall–Kier alpha value is -2.15. The van der Waals surface area contributed by atoms with Crippen molar-refractivity contribution in [2.24, 2.45) is 0 Å². The molecule has 0 saturated carbocycles. The van der Waals surface area contributed by atoms with Crippen molar-refractivity contribution in [2.75, 3.05) is 6.61 Å². The van der Waals surface area contributed by atoms with Crippen LogP contribution in [0, 0.1) is 0 Å². The molecule has 3 rings (SSSR count). The number of aromatic nitrogens is 2. The number of thiophene rings is 1. The van der Waals surface area contributed by atoms with Crippen molar-refractivity contribution in [1.29, 1.82) is 0 Å². The molecule has 7 heteroatoms. The summed E-state index contributed by atoms with van der Waals surface area (Å²) in [7, 11) is 0. The number of nitrogens with one attached hydrogen (secondary N) is 1. The van der Waals surface area contributed by atoms with Gasteiger partial charge in [0.2, 0.25) is 5.91 Å². The molecular formula is C14H15N3O3S. The molecular weight excluding hydrogens is 290 g/mol. The number of nitrogens with zero attached hydrogens (tertiary/aromatic N) is 2. The highest BCUT2D eigenvalue weighted by molar-refractivity contribution is 7.10. The monoisotopic (exact) mass is 305 g/mol. The average molecular weight is 305 g/mol. The predicted molar refractivity (Wildman–Crippen MR) is 76.8 cm³/mol. The lowest BCUT2D eigenvalue weighted by Crippen LogP contribution is -2.27. The molecule has 3 heterocycles. The number of carbonyl (C=O) groups is 2. The zero-order chi connectivity index (χ0) is 14.8. The SMILES string of the molecule is CCOC(=O)c1n[nH]c2c1CN(C(=O)Cc1cccs1)C2. The maximum Gasteiger partial charge on any atom is 0.359 e. The third-order valence-electron chi connectivity index (χ3n) is 3.38. The molecule has 0 spiro atoms. The van der Waals surface area contributed by atoms with Crippen LogP contribution >= 0.6 is 11.3 Å². The van der Waals surface area contributed by atoms with E-state index in [1.807, 2.05) is 17.5 Å². The molecule has 2 aromatic rings. The quantitative estimate of drug-likeness (QED) is 0.873. The molecule has 1 aliphatic rings. The van der Waals surface area contributed by atoms with Gasteiger partial charge in [-0.25, -0.2) is 4.79 Å². The Morgan fingerprint density at radius 1 is 1.48 bits per heavy atom. The molecule has 0 unspecified atom stereocenters. The predicted octanol–water partition coefficient (Wildman–Crippen LogP) is 1.73. The van der Waals surface area contributed by atoms with Gasteiger partial charge in [-0.15, -0.1) is 11.3 Å². The first-order chi connectivity index (χ1) is 10.2. The van der Waals surface area contributed by atoms with Crippen molar-refractivity contribution in [3.05, 3.63) is 39.3 Å². The largest absolute Gasteiger partial charge is 0.461 e. The van der Waals surface area contributed by atoms with Crippen LogP contribution in [-0.2, 0) is 29.0 Å². The maximum absolute atomic E-state index is 12.3. The Balaban J connectivity index is 1.70. The van der Waals surface area contributed by atoms with E-state index in [1.54, 1.807) is 23.2 Å². The van der Waals surface area contributed by atoms with E-state index >= 15 is 0 Å². The molecule has 0 fully saturated rings. The molecule has 0 aliphatic carbocycles. The topological polar surface area (TPSA) is 75.3 Å². The van der Waals surface area contributed by atoms with E-state index in [0.717, 1.165) is 16.1 Å². The number of carbonyl (C=O) groups excluding carboxylic acids is 2. The number of esters is 1. The van der Waals surface area contributed by atoms with Crippen LogP contribution in [0.5, 0.6) is 0 Å². The van der Waals surface area contributed by atoms with Crippen molar-refractivity contribution in [1.82, 2.24) is 15.1 Å². The normalized spacial score (nSPS) is 13.3. The second kappa shape index (κ2) is 5.69. The van der Waals surface area contributed by atoms with Gasteiger partial charge in [0.15, 0.2) is 5.69 Å². The third-order valence-corrected chi connectivity index (χ3v) is 4.25. The van der Waals surface area contributed by atoms with Gasteiger partial charge in [0.1, 0.15) is 0 Å². The Morgan fingerprint density at radius 2 is 2.33 bits per heavy atom. The number of amides is 1. The molecule has 2 aromatic heterocycles. The Morgan fingerprint density at radius 3 is 3.05 bits per heavy atom. The van der Waals surface area contributed by atoms with Crippen LogP contribution < -0.4 is 0 Å². The maximum atomic E-state index is 12.3. The Bertz CT molecular complexity index is 663. The van der Waals surface area contributed by atoms with Gasteiger partial charge in [-0.3, -0.25) is 9.89 Å². The van der Waals surface area contributed by atoms with Gasteiger partial charge < -0.3 is 9.64 Å². The summed E-state index contributed by atoms with van der Waals surface area (Å²) in [4.78, 5) is 26.8. The van der Waals surface area contributed by atoms with E-state index in [4.69, 9.17) is 4.74 Å². The van der Waals surface area contributed by atoms with Crippen molar-refractivity contribution in [2.45, 2.75) is 26.4 Å². The minimum Gasteiger partial charge on any atom is -0.461 e. The van der Waals surface area contributed by atoms with Crippen molar-refractivity contribution in [3.8, 4) is 0 Å². The number of aromatic amines is 1. The van der Waals surface area contributed by atoms with Crippen molar-refractivity contribution < 1.29 is 14.3 Å². The third kappa shape index (κ3) is 2.69. The van der Waals surface area contributed by atoms with Crippen LogP contribution in [0.3, 0.4) is 0 Å². The van der Waals surface area contributed by atoms with Gasteiger partial charge in [0, 0.05) is 10.4 Å². The molecule has 0 bridgehead atoms. The van der Waals surface area contributed by atoms with Crippen LogP contribution in [0.2, 0.25) is 0 Å². The summed E-state index contributed by atoms with van der Waals surface area (Å²) >= 11 is 1.57. The van der Waals surface area contributed by atoms with E-state index < -0.39 is 5.97 Å². The van der Waals surface area contributed by atoms with Gasteiger partial charge in [0.25, 0.3) is 0 Å². The fraction of sp³-hybridized carbons (Fsp3) is 0.357. The smallest absolute Gasteiger partial charge is 0.359 e. The lowest BCUT2D eigenvalue weighted by Gasteiger charge is -2.15. The molecule has 0 radical (unpaired) electrons. The summed E-state index contributed by atoms with van der Waals surface area (Å²) in [5.74, 6) is -0.389. The van der Waals surface area contributed by atoms with Crippen LogP contribution in [0.1, 0.15) is 33.5 Å². The second-order valence-electron chi connectivity index (χ2n) is 4.76.